The Morgan fingerprint density at radius 1 is 1.41 bits per heavy atom. The molecule has 1 heterocycles. The number of fused-ring (bicyclic) bond motifs is 5. The molecule has 2 saturated carbocycles. The Kier molecular flexibility index (Phi) is 2.32. The molecular formula is C14H18O3. The van der Waals surface area contributed by atoms with E-state index in [1.165, 1.54) is 0 Å². The van der Waals surface area contributed by atoms with Gasteiger partial charge in [0, 0.05) is 29.7 Å². The summed E-state index contributed by atoms with van der Waals surface area (Å²) < 4.78 is 11.3. The summed E-state index contributed by atoms with van der Waals surface area (Å²) in [5.74, 6) is 2.18. The van der Waals surface area contributed by atoms with Crippen LogP contribution in [-0.4, -0.2) is 18.2 Å². The highest BCUT2D eigenvalue weighted by molar-refractivity contribution is 5.87. The van der Waals surface area contributed by atoms with Crippen molar-refractivity contribution in [1.29, 1.82) is 0 Å². The van der Waals surface area contributed by atoms with Gasteiger partial charge >= 0.3 is 5.97 Å². The number of hydrogen-bond donors (Lipinski definition) is 0. The molecule has 17 heavy (non-hydrogen) atoms. The summed E-state index contributed by atoms with van der Waals surface area (Å²) in [6.45, 7) is 9.22. The summed E-state index contributed by atoms with van der Waals surface area (Å²) in [6, 6.07) is 0. The molecule has 3 heteroatoms. The van der Waals surface area contributed by atoms with E-state index in [0.717, 1.165) is 25.0 Å². The van der Waals surface area contributed by atoms with Crippen LogP contribution in [0.1, 0.15) is 26.2 Å². The first-order chi connectivity index (χ1) is 8.06. The monoisotopic (exact) mass is 234 g/mol. The number of carbonyl (C=O) groups excluding carboxylic acids is 1. The van der Waals surface area contributed by atoms with Gasteiger partial charge in [0.15, 0.2) is 0 Å². The number of rotatable bonds is 2. The van der Waals surface area contributed by atoms with Crippen molar-refractivity contribution in [3.05, 3.63) is 24.5 Å². The zero-order valence-electron chi connectivity index (χ0n) is 10.1. The van der Waals surface area contributed by atoms with Crippen molar-refractivity contribution in [1.82, 2.24) is 0 Å². The minimum absolute atomic E-state index is 0.0694. The molecule has 0 aromatic rings. The summed E-state index contributed by atoms with van der Waals surface area (Å²) >= 11 is 0. The Balaban J connectivity index is 1.70. The van der Waals surface area contributed by atoms with Gasteiger partial charge in [-0.25, -0.2) is 4.79 Å². The van der Waals surface area contributed by atoms with Crippen molar-refractivity contribution in [3.63, 3.8) is 0 Å². The molecule has 3 nitrogen and oxygen atoms in total. The molecule has 3 rings (SSSR count). The topological polar surface area (TPSA) is 35.5 Å². The van der Waals surface area contributed by atoms with E-state index in [1.807, 2.05) is 0 Å². The minimum Gasteiger partial charge on any atom is -0.495 e. The summed E-state index contributed by atoms with van der Waals surface area (Å²) in [5.41, 5.74) is 0.483. The SMILES string of the molecule is C=C1CC2C3CC(CC3OC(=O)C(=C)C)C2O1. The third kappa shape index (κ3) is 1.60. The van der Waals surface area contributed by atoms with Crippen LogP contribution < -0.4 is 0 Å². The van der Waals surface area contributed by atoms with Gasteiger partial charge in [0.25, 0.3) is 0 Å². The first-order valence-electron chi connectivity index (χ1n) is 6.27. The summed E-state index contributed by atoms with van der Waals surface area (Å²) in [6.07, 6.45) is 3.43. The molecule has 5 atom stereocenters. The fourth-order valence-corrected chi connectivity index (χ4v) is 3.71. The molecule has 2 aliphatic carbocycles. The van der Waals surface area contributed by atoms with Crippen LogP contribution >= 0.6 is 0 Å². The molecule has 2 bridgehead atoms. The smallest absolute Gasteiger partial charge is 0.333 e. The standard InChI is InChI=1S/C14H18O3/c1-7(2)14(15)17-12-6-9-5-10(12)11-4-8(3)16-13(9)11/h9-13H,1,3-6H2,2H3. The van der Waals surface area contributed by atoms with Gasteiger partial charge in [-0.15, -0.1) is 0 Å². The van der Waals surface area contributed by atoms with Crippen molar-refractivity contribution in [2.24, 2.45) is 17.8 Å². The van der Waals surface area contributed by atoms with Gasteiger partial charge in [0.05, 0.1) is 5.76 Å². The van der Waals surface area contributed by atoms with Crippen molar-refractivity contribution in [2.45, 2.75) is 38.4 Å². The van der Waals surface area contributed by atoms with Gasteiger partial charge in [0.2, 0.25) is 0 Å². The molecule has 0 amide bonds. The molecule has 0 aromatic carbocycles. The highest BCUT2D eigenvalue weighted by atomic mass is 16.5. The molecule has 3 aliphatic rings. The number of hydrogen-bond acceptors (Lipinski definition) is 3. The molecule has 1 aliphatic heterocycles. The van der Waals surface area contributed by atoms with Gasteiger partial charge in [-0.2, -0.15) is 0 Å². The van der Waals surface area contributed by atoms with Crippen LogP contribution in [0.15, 0.2) is 24.5 Å². The van der Waals surface area contributed by atoms with Crippen molar-refractivity contribution in [2.75, 3.05) is 0 Å². The lowest BCUT2D eigenvalue weighted by molar-refractivity contribution is -0.148. The van der Waals surface area contributed by atoms with E-state index in [1.54, 1.807) is 6.92 Å². The number of carbonyl (C=O) groups is 1. The van der Waals surface area contributed by atoms with E-state index >= 15 is 0 Å². The van der Waals surface area contributed by atoms with E-state index in [2.05, 4.69) is 13.2 Å². The van der Waals surface area contributed by atoms with Crippen LogP contribution in [0.3, 0.4) is 0 Å². The second-order valence-electron chi connectivity index (χ2n) is 5.61. The van der Waals surface area contributed by atoms with Gasteiger partial charge in [0.1, 0.15) is 12.2 Å². The first kappa shape index (κ1) is 10.9. The van der Waals surface area contributed by atoms with Gasteiger partial charge in [-0.1, -0.05) is 13.2 Å². The second kappa shape index (κ2) is 3.62. The van der Waals surface area contributed by atoms with Crippen LogP contribution in [0.5, 0.6) is 0 Å². The average molecular weight is 234 g/mol. The maximum atomic E-state index is 11.6. The molecule has 0 radical (unpaired) electrons. The van der Waals surface area contributed by atoms with E-state index in [4.69, 9.17) is 9.47 Å². The predicted octanol–water partition coefficient (Wildman–Crippen LogP) is 2.43. The quantitative estimate of drug-likeness (QED) is 0.544. The fraction of sp³-hybridized carbons (Fsp3) is 0.643. The first-order valence-corrected chi connectivity index (χ1v) is 6.27. The lowest BCUT2D eigenvalue weighted by atomic mass is 9.83. The van der Waals surface area contributed by atoms with E-state index in [9.17, 15) is 4.79 Å². The molecule has 1 saturated heterocycles. The van der Waals surface area contributed by atoms with Gasteiger partial charge in [-0.05, 0) is 19.8 Å². The van der Waals surface area contributed by atoms with Crippen molar-refractivity contribution in [3.8, 4) is 0 Å². The molecule has 0 N–H and O–H groups in total. The van der Waals surface area contributed by atoms with Crippen LogP contribution in [0.2, 0.25) is 0 Å². The Hall–Kier alpha value is -1.25. The summed E-state index contributed by atoms with van der Waals surface area (Å²) in [7, 11) is 0. The zero-order chi connectivity index (χ0) is 12.2. The maximum Gasteiger partial charge on any atom is 0.333 e. The molecule has 92 valence electrons. The lowest BCUT2D eigenvalue weighted by Crippen LogP contribution is -2.35. The van der Waals surface area contributed by atoms with Gasteiger partial charge < -0.3 is 9.47 Å². The Morgan fingerprint density at radius 3 is 2.88 bits per heavy atom. The van der Waals surface area contributed by atoms with E-state index < -0.39 is 0 Å². The Labute approximate surface area is 101 Å². The van der Waals surface area contributed by atoms with E-state index in [0.29, 0.717) is 29.4 Å². The van der Waals surface area contributed by atoms with E-state index in [-0.39, 0.29) is 12.1 Å². The third-order valence-corrected chi connectivity index (χ3v) is 4.40. The lowest BCUT2D eigenvalue weighted by Gasteiger charge is -2.29. The van der Waals surface area contributed by atoms with Crippen LogP contribution in [0.4, 0.5) is 0 Å². The van der Waals surface area contributed by atoms with Crippen molar-refractivity contribution >= 4 is 5.97 Å². The van der Waals surface area contributed by atoms with Crippen LogP contribution in [0, 0.1) is 17.8 Å². The Bertz CT molecular complexity index is 398. The van der Waals surface area contributed by atoms with Crippen molar-refractivity contribution < 1.29 is 14.3 Å². The predicted molar refractivity (Wildman–Crippen MR) is 63.0 cm³/mol. The second-order valence-corrected chi connectivity index (χ2v) is 5.61. The number of allylic oxidation sites excluding steroid dienone is 1. The summed E-state index contributed by atoms with van der Waals surface area (Å²) in [4.78, 5) is 11.6. The van der Waals surface area contributed by atoms with Gasteiger partial charge in [-0.3, -0.25) is 0 Å². The number of esters is 1. The number of ether oxygens (including phenoxy) is 2. The molecule has 5 unspecified atom stereocenters. The zero-order valence-corrected chi connectivity index (χ0v) is 10.1. The third-order valence-electron chi connectivity index (χ3n) is 4.40. The Morgan fingerprint density at radius 2 is 2.18 bits per heavy atom. The normalized spacial score (nSPS) is 42.2. The fourth-order valence-electron chi connectivity index (χ4n) is 3.71. The van der Waals surface area contributed by atoms with Crippen LogP contribution in [0.25, 0.3) is 0 Å². The van der Waals surface area contributed by atoms with Crippen LogP contribution in [-0.2, 0) is 14.3 Å². The molecule has 3 fully saturated rings. The highest BCUT2D eigenvalue weighted by Gasteiger charge is 2.57. The molecular weight excluding hydrogens is 216 g/mol. The summed E-state index contributed by atoms with van der Waals surface area (Å²) in [5, 5.41) is 0. The molecule has 0 aromatic heterocycles. The molecule has 0 spiro atoms. The largest absolute Gasteiger partial charge is 0.495 e. The maximum absolute atomic E-state index is 11.6. The minimum atomic E-state index is -0.253. The average Bonchev–Trinajstić information content (AvgIpc) is 2.87. The highest BCUT2D eigenvalue weighted by Crippen LogP contribution is 2.56.